The number of aromatic nitrogens is 1. The molecule has 0 fully saturated rings. The molecule has 6 heteroatoms. The normalized spacial score (nSPS) is 10.0. The summed E-state index contributed by atoms with van der Waals surface area (Å²) in [6.45, 7) is 3.81. The van der Waals surface area contributed by atoms with Crippen LogP contribution in [0.15, 0.2) is 30.5 Å². The fourth-order valence-electron chi connectivity index (χ4n) is 2.39. The Morgan fingerprint density at radius 2 is 2.17 bits per heavy atom. The van der Waals surface area contributed by atoms with Crippen LogP contribution in [0.5, 0.6) is 5.75 Å². The van der Waals surface area contributed by atoms with Crippen molar-refractivity contribution in [2.45, 2.75) is 20.4 Å². The number of hydrogen-bond donors (Lipinski definition) is 1. The molecule has 2 rings (SSSR count). The monoisotopic (exact) mass is 311 g/mol. The number of nitrogens with zero attached hydrogens (tertiary/aromatic N) is 3. The second kappa shape index (κ2) is 6.79. The third-order valence-electron chi connectivity index (χ3n) is 3.58. The Morgan fingerprint density at radius 3 is 2.78 bits per heavy atom. The standard InChI is InChI=1S/C17H17N3O3/c1-11-9-19-15(12(2)16(11)23-3)10-20(17(21)22)14-6-4-5-13(7-14)8-18/h4-7,9H,10H2,1-3H3,(H,21,22). The second-order valence-corrected chi connectivity index (χ2v) is 5.08. The molecule has 2 aromatic rings. The Bertz CT molecular complexity index is 781. The van der Waals surface area contributed by atoms with Crippen molar-refractivity contribution >= 4 is 11.8 Å². The lowest BCUT2D eigenvalue weighted by Gasteiger charge is -2.21. The van der Waals surface area contributed by atoms with Crippen molar-refractivity contribution in [2.24, 2.45) is 0 Å². The fourth-order valence-corrected chi connectivity index (χ4v) is 2.39. The van der Waals surface area contributed by atoms with Gasteiger partial charge in [0.15, 0.2) is 0 Å². The zero-order valence-corrected chi connectivity index (χ0v) is 13.2. The van der Waals surface area contributed by atoms with Gasteiger partial charge in [0.25, 0.3) is 0 Å². The van der Waals surface area contributed by atoms with Crippen LogP contribution < -0.4 is 9.64 Å². The van der Waals surface area contributed by atoms with Crippen molar-refractivity contribution in [3.8, 4) is 11.8 Å². The molecule has 0 atom stereocenters. The van der Waals surface area contributed by atoms with Gasteiger partial charge in [0.2, 0.25) is 0 Å². The predicted molar refractivity (Wildman–Crippen MR) is 85.6 cm³/mol. The van der Waals surface area contributed by atoms with Crippen LogP contribution in [0, 0.1) is 25.2 Å². The molecular weight excluding hydrogens is 294 g/mol. The topological polar surface area (TPSA) is 86.4 Å². The lowest BCUT2D eigenvalue weighted by atomic mass is 10.1. The maximum Gasteiger partial charge on any atom is 0.412 e. The van der Waals surface area contributed by atoms with E-state index in [9.17, 15) is 9.90 Å². The maximum absolute atomic E-state index is 11.6. The van der Waals surface area contributed by atoms with Crippen molar-refractivity contribution in [1.29, 1.82) is 5.26 Å². The van der Waals surface area contributed by atoms with Crippen molar-refractivity contribution < 1.29 is 14.6 Å². The summed E-state index contributed by atoms with van der Waals surface area (Å²) in [5.41, 5.74) is 3.13. The third-order valence-corrected chi connectivity index (χ3v) is 3.58. The zero-order valence-electron chi connectivity index (χ0n) is 13.2. The first-order chi connectivity index (χ1) is 11.0. The van der Waals surface area contributed by atoms with E-state index in [4.69, 9.17) is 10.00 Å². The SMILES string of the molecule is COc1c(C)cnc(CN(C(=O)O)c2cccc(C#N)c2)c1C. The van der Waals surface area contributed by atoms with E-state index in [0.29, 0.717) is 22.7 Å². The first-order valence-corrected chi connectivity index (χ1v) is 6.97. The number of amides is 1. The average Bonchev–Trinajstić information content (AvgIpc) is 2.54. The molecule has 1 heterocycles. The van der Waals surface area contributed by atoms with Gasteiger partial charge in [-0.05, 0) is 32.0 Å². The summed E-state index contributed by atoms with van der Waals surface area (Å²) < 4.78 is 5.35. The molecule has 1 aromatic carbocycles. The highest BCUT2D eigenvalue weighted by molar-refractivity contribution is 5.86. The number of benzene rings is 1. The number of nitriles is 1. The first kappa shape index (κ1) is 16.3. The molecule has 6 nitrogen and oxygen atoms in total. The molecule has 23 heavy (non-hydrogen) atoms. The van der Waals surface area contributed by atoms with Gasteiger partial charge in [0, 0.05) is 23.0 Å². The molecule has 0 aliphatic rings. The van der Waals surface area contributed by atoms with Gasteiger partial charge in [-0.1, -0.05) is 6.07 Å². The molecule has 0 bridgehead atoms. The average molecular weight is 311 g/mol. The summed E-state index contributed by atoms with van der Waals surface area (Å²) in [5.74, 6) is 0.700. The highest BCUT2D eigenvalue weighted by Crippen LogP contribution is 2.26. The molecule has 1 amide bonds. The van der Waals surface area contributed by atoms with Gasteiger partial charge < -0.3 is 9.84 Å². The van der Waals surface area contributed by atoms with Crippen LogP contribution in [-0.2, 0) is 6.54 Å². The van der Waals surface area contributed by atoms with Crippen LogP contribution in [0.4, 0.5) is 10.5 Å². The van der Waals surface area contributed by atoms with Gasteiger partial charge in [-0.3, -0.25) is 9.88 Å². The van der Waals surface area contributed by atoms with Crippen LogP contribution in [0.1, 0.15) is 22.4 Å². The summed E-state index contributed by atoms with van der Waals surface area (Å²) >= 11 is 0. The van der Waals surface area contributed by atoms with Gasteiger partial charge in [-0.2, -0.15) is 5.26 Å². The van der Waals surface area contributed by atoms with Crippen molar-refractivity contribution in [3.05, 3.63) is 52.8 Å². The Kier molecular flexibility index (Phi) is 4.82. The first-order valence-electron chi connectivity index (χ1n) is 6.97. The summed E-state index contributed by atoms with van der Waals surface area (Å²) in [7, 11) is 1.57. The molecule has 1 aromatic heterocycles. The van der Waals surface area contributed by atoms with Crippen LogP contribution >= 0.6 is 0 Å². The van der Waals surface area contributed by atoms with Crippen LogP contribution in [0.3, 0.4) is 0 Å². The molecule has 118 valence electrons. The van der Waals surface area contributed by atoms with Crippen LogP contribution in [0.2, 0.25) is 0 Å². The number of methoxy groups -OCH3 is 1. The van der Waals surface area contributed by atoms with E-state index in [1.165, 1.54) is 6.07 Å². The van der Waals surface area contributed by atoms with Crippen LogP contribution in [0.25, 0.3) is 0 Å². The minimum absolute atomic E-state index is 0.0761. The lowest BCUT2D eigenvalue weighted by Crippen LogP contribution is -2.29. The lowest BCUT2D eigenvalue weighted by molar-refractivity contribution is 0.201. The summed E-state index contributed by atoms with van der Waals surface area (Å²) in [4.78, 5) is 17.1. The fraction of sp³-hybridized carbons (Fsp3) is 0.235. The Balaban J connectivity index is 2.41. The highest BCUT2D eigenvalue weighted by Gasteiger charge is 2.19. The molecule has 0 saturated carbocycles. The van der Waals surface area contributed by atoms with Crippen molar-refractivity contribution in [3.63, 3.8) is 0 Å². The maximum atomic E-state index is 11.6. The second-order valence-electron chi connectivity index (χ2n) is 5.08. The number of anilines is 1. The van der Waals surface area contributed by atoms with E-state index in [2.05, 4.69) is 4.98 Å². The summed E-state index contributed by atoms with van der Waals surface area (Å²) in [6, 6.07) is 8.47. The molecule has 0 radical (unpaired) electrons. The predicted octanol–water partition coefficient (Wildman–Crippen LogP) is 3.26. The number of carboxylic acid groups (broad SMARTS) is 1. The van der Waals surface area contributed by atoms with Gasteiger partial charge in [-0.25, -0.2) is 4.79 Å². The molecule has 0 aliphatic carbocycles. The molecule has 0 saturated heterocycles. The Labute approximate surface area is 134 Å². The Hall–Kier alpha value is -3.07. The minimum atomic E-state index is -1.11. The van der Waals surface area contributed by atoms with Crippen LogP contribution in [-0.4, -0.2) is 23.3 Å². The number of pyridine rings is 1. The van der Waals surface area contributed by atoms with Gasteiger partial charge in [0.1, 0.15) is 5.75 Å². The molecular formula is C17H17N3O3. The van der Waals surface area contributed by atoms with Gasteiger partial charge >= 0.3 is 6.09 Å². The number of hydrogen-bond acceptors (Lipinski definition) is 4. The van der Waals surface area contributed by atoms with E-state index in [0.717, 1.165) is 16.0 Å². The summed E-state index contributed by atoms with van der Waals surface area (Å²) in [6.07, 6.45) is 0.549. The number of rotatable bonds is 4. The van der Waals surface area contributed by atoms with E-state index in [1.807, 2.05) is 19.9 Å². The number of carbonyl (C=O) groups is 1. The van der Waals surface area contributed by atoms with E-state index < -0.39 is 6.09 Å². The third kappa shape index (κ3) is 3.40. The molecule has 1 N–H and O–H groups in total. The number of aryl methyl sites for hydroxylation is 1. The van der Waals surface area contributed by atoms with Gasteiger partial charge in [-0.15, -0.1) is 0 Å². The van der Waals surface area contributed by atoms with E-state index in [-0.39, 0.29) is 6.54 Å². The summed E-state index contributed by atoms with van der Waals surface area (Å²) in [5, 5.41) is 18.5. The molecule has 0 spiro atoms. The Morgan fingerprint density at radius 1 is 1.43 bits per heavy atom. The molecule has 0 aliphatic heterocycles. The smallest absolute Gasteiger partial charge is 0.412 e. The quantitative estimate of drug-likeness (QED) is 0.936. The number of ether oxygens (including phenoxy) is 1. The zero-order chi connectivity index (χ0) is 17.0. The van der Waals surface area contributed by atoms with Crippen molar-refractivity contribution in [2.75, 3.05) is 12.0 Å². The highest BCUT2D eigenvalue weighted by atomic mass is 16.5. The van der Waals surface area contributed by atoms with E-state index in [1.54, 1.807) is 31.5 Å². The van der Waals surface area contributed by atoms with Crippen molar-refractivity contribution in [1.82, 2.24) is 4.98 Å². The largest absolute Gasteiger partial charge is 0.496 e. The van der Waals surface area contributed by atoms with E-state index >= 15 is 0 Å². The minimum Gasteiger partial charge on any atom is -0.496 e. The molecule has 0 unspecified atom stereocenters. The van der Waals surface area contributed by atoms with Gasteiger partial charge in [0.05, 0.1) is 31.0 Å².